The van der Waals surface area contributed by atoms with Crippen molar-refractivity contribution in [2.24, 2.45) is 10.2 Å². The molecule has 0 saturated heterocycles. The zero-order valence-corrected chi connectivity index (χ0v) is 22.1. The van der Waals surface area contributed by atoms with Gasteiger partial charge >= 0.3 is 0 Å². The largest absolute Gasteiger partial charge is 0.870 e. The number of para-hydroxylation sites is 1. The summed E-state index contributed by atoms with van der Waals surface area (Å²) < 4.78 is 0. The molecule has 196 valence electrons. The summed E-state index contributed by atoms with van der Waals surface area (Å²) in [6.07, 6.45) is 0. The van der Waals surface area contributed by atoms with Gasteiger partial charge in [0.25, 0.3) is 11.8 Å². The summed E-state index contributed by atoms with van der Waals surface area (Å²) in [6.45, 7) is 1.72. The first-order valence-electron chi connectivity index (χ1n) is 12.5. The summed E-state index contributed by atoms with van der Waals surface area (Å²) in [6, 6.07) is 27.1. The van der Waals surface area contributed by atoms with Gasteiger partial charge in [-0.1, -0.05) is 60.4 Å². The molecule has 1 heterocycles. The summed E-state index contributed by atoms with van der Waals surface area (Å²) in [5.41, 5.74) is 5.68. The third kappa shape index (κ3) is 4.46. The highest BCUT2D eigenvalue weighted by atomic mass is 32.2. The third-order valence-corrected chi connectivity index (χ3v) is 7.72. The Hall–Kier alpha value is -5.02. The molecule has 0 saturated carbocycles. The molecule has 0 fully saturated rings. The second-order valence-electron chi connectivity index (χ2n) is 9.27. The second kappa shape index (κ2) is 10.3. The number of hydrogen-bond donors (Lipinski definition) is 1. The van der Waals surface area contributed by atoms with Crippen LogP contribution in [0.3, 0.4) is 0 Å². The Morgan fingerprint density at radius 1 is 0.800 bits per heavy atom. The Morgan fingerprint density at radius 2 is 1.50 bits per heavy atom. The van der Waals surface area contributed by atoms with E-state index in [-0.39, 0.29) is 33.6 Å². The van der Waals surface area contributed by atoms with Crippen molar-refractivity contribution < 1.29 is 19.5 Å². The lowest BCUT2D eigenvalue weighted by Crippen LogP contribution is -2.35. The number of imide groups is 1. The number of thioether (sulfide) groups is 1. The Bertz CT molecular complexity index is 1750. The number of benzene rings is 4. The quantitative estimate of drug-likeness (QED) is 0.175. The lowest BCUT2D eigenvalue weighted by atomic mass is 10.0. The van der Waals surface area contributed by atoms with Crippen LogP contribution in [0.25, 0.3) is 5.76 Å². The van der Waals surface area contributed by atoms with Crippen molar-refractivity contribution in [1.29, 1.82) is 0 Å². The van der Waals surface area contributed by atoms with E-state index in [4.69, 9.17) is 0 Å². The molecule has 4 aromatic carbocycles. The fraction of sp³-hybridized carbons (Fsp3) is 0.0645. The molecule has 9 heteroatoms. The number of anilines is 1. The van der Waals surface area contributed by atoms with Gasteiger partial charge in [-0.2, -0.15) is 5.01 Å². The van der Waals surface area contributed by atoms with Gasteiger partial charge in [0.05, 0.1) is 16.8 Å². The number of nitrogens with one attached hydrogen (secondary N) is 1. The van der Waals surface area contributed by atoms with Gasteiger partial charge in [0.1, 0.15) is 11.4 Å². The first-order valence-corrected chi connectivity index (χ1v) is 13.4. The zero-order valence-electron chi connectivity index (χ0n) is 21.3. The van der Waals surface area contributed by atoms with Crippen molar-refractivity contribution in [2.45, 2.75) is 17.6 Å². The van der Waals surface area contributed by atoms with Crippen LogP contribution in [0.15, 0.2) is 112 Å². The highest BCUT2D eigenvalue weighted by Gasteiger charge is 2.39. The standard InChI is InChI=1S/C31H22N4O4S/c1-18-12-14-23-25(31(39)35(30(23)38)34-20-10-6-3-7-11-20)26(18)32-33-27-28(36)22-15-13-21(16-24(22)29(27)37)40-17-19-8-4-2-5-9-19/h2-16,34,37H,17H2,1H3/p-1. The molecule has 0 atom stereocenters. The second-order valence-corrected chi connectivity index (χ2v) is 10.3. The topological polar surface area (TPSA) is 114 Å². The molecule has 2 amide bonds. The first kappa shape index (κ1) is 25.3. The van der Waals surface area contributed by atoms with Gasteiger partial charge in [0.2, 0.25) is 5.78 Å². The average molecular weight is 546 g/mol. The highest BCUT2D eigenvalue weighted by Crippen LogP contribution is 2.37. The Labute approximate surface area is 234 Å². The minimum absolute atomic E-state index is 0.0628. The minimum atomic E-state index is -0.598. The number of rotatable bonds is 7. The van der Waals surface area contributed by atoms with Crippen LogP contribution in [0.4, 0.5) is 11.4 Å². The van der Waals surface area contributed by atoms with E-state index in [0.29, 0.717) is 11.3 Å². The van der Waals surface area contributed by atoms with Crippen molar-refractivity contribution >= 4 is 46.5 Å². The number of hydrazine groups is 1. The van der Waals surface area contributed by atoms with Gasteiger partial charge < -0.3 is 5.11 Å². The Morgan fingerprint density at radius 3 is 2.25 bits per heavy atom. The smallest absolute Gasteiger partial charge is 0.282 e. The number of allylic oxidation sites excluding steroid dienone is 1. The van der Waals surface area contributed by atoms with E-state index in [1.807, 2.05) is 42.5 Å². The highest BCUT2D eigenvalue weighted by molar-refractivity contribution is 7.98. The van der Waals surface area contributed by atoms with Crippen LogP contribution in [0.5, 0.6) is 0 Å². The van der Waals surface area contributed by atoms with Crippen LogP contribution in [0.2, 0.25) is 0 Å². The number of nitrogens with zero attached hydrogens (tertiary/aromatic N) is 3. The maximum Gasteiger partial charge on any atom is 0.282 e. The van der Waals surface area contributed by atoms with Crippen LogP contribution in [0.1, 0.15) is 47.8 Å². The molecule has 6 rings (SSSR count). The fourth-order valence-electron chi connectivity index (χ4n) is 4.58. The number of amides is 2. The molecule has 0 aromatic heterocycles. The summed E-state index contributed by atoms with van der Waals surface area (Å²) in [7, 11) is 0. The van der Waals surface area contributed by atoms with E-state index < -0.39 is 23.4 Å². The van der Waals surface area contributed by atoms with Crippen LogP contribution in [-0.4, -0.2) is 22.6 Å². The van der Waals surface area contributed by atoms with Gasteiger partial charge in [-0.15, -0.1) is 22.0 Å². The third-order valence-electron chi connectivity index (χ3n) is 6.65. The minimum Gasteiger partial charge on any atom is -0.870 e. The van der Waals surface area contributed by atoms with Crippen LogP contribution in [0, 0.1) is 6.92 Å². The van der Waals surface area contributed by atoms with Crippen LogP contribution < -0.4 is 10.5 Å². The van der Waals surface area contributed by atoms with Crippen molar-refractivity contribution in [1.82, 2.24) is 5.01 Å². The number of carbonyl (C=O) groups excluding carboxylic acids is 3. The number of fused-ring (bicyclic) bond motifs is 2. The number of carbonyl (C=O) groups is 3. The van der Waals surface area contributed by atoms with E-state index >= 15 is 0 Å². The van der Waals surface area contributed by atoms with E-state index in [0.717, 1.165) is 21.2 Å². The fourth-order valence-corrected chi connectivity index (χ4v) is 5.47. The summed E-state index contributed by atoms with van der Waals surface area (Å²) >= 11 is 1.56. The number of ketones is 1. The zero-order chi connectivity index (χ0) is 27.8. The summed E-state index contributed by atoms with van der Waals surface area (Å²) in [5.74, 6) is -1.46. The average Bonchev–Trinajstić information content (AvgIpc) is 3.36. The monoisotopic (exact) mass is 545 g/mol. The molecule has 1 N–H and O–H groups in total. The van der Waals surface area contributed by atoms with E-state index in [2.05, 4.69) is 15.7 Å². The molecule has 0 unspecified atom stereocenters. The molecule has 40 heavy (non-hydrogen) atoms. The predicted molar refractivity (Wildman–Crippen MR) is 150 cm³/mol. The van der Waals surface area contributed by atoms with Crippen molar-refractivity contribution in [3.05, 3.63) is 130 Å². The SMILES string of the molecule is Cc1ccc2c(c1N=NC1=C([O-])c3cc(SCc4ccccc4)ccc3C1=O)C(=O)N(Nc1ccccc1)C2=O. The van der Waals surface area contributed by atoms with Gasteiger partial charge in [0, 0.05) is 16.2 Å². The molecule has 0 spiro atoms. The molecule has 2 aliphatic rings. The first-order chi connectivity index (χ1) is 19.4. The van der Waals surface area contributed by atoms with Crippen molar-refractivity contribution in [2.75, 3.05) is 5.43 Å². The predicted octanol–water partition coefficient (Wildman–Crippen LogP) is 5.92. The van der Waals surface area contributed by atoms with E-state index in [1.165, 1.54) is 0 Å². The van der Waals surface area contributed by atoms with Crippen LogP contribution in [-0.2, 0) is 5.75 Å². The summed E-state index contributed by atoms with van der Waals surface area (Å²) in [4.78, 5) is 40.2. The summed E-state index contributed by atoms with van der Waals surface area (Å²) in [5, 5.41) is 22.3. The molecule has 0 bridgehead atoms. The number of azo groups is 1. The maximum absolute atomic E-state index is 13.3. The number of hydrogen-bond acceptors (Lipinski definition) is 8. The molecule has 0 radical (unpaired) electrons. The molecule has 4 aromatic rings. The Balaban J connectivity index is 1.28. The van der Waals surface area contributed by atoms with Gasteiger partial charge in [-0.05, 0) is 60.0 Å². The van der Waals surface area contributed by atoms with Gasteiger partial charge in [0.15, 0.2) is 0 Å². The van der Waals surface area contributed by atoms with E-state index in [9.17, 15) is 19.5 Å². The molecule has 1 aliphatic heterocycles. The molecular formula is C31H21N4O4S-. The normalized spacial score (nSPS) is 14.3. The lowest BCUT2D eigenvalue weighted by molar-refractivity contribution is -0.244. The van der Waals surface area contributed by atoms with E-state index in [1.54, 1.807) is 67.2 Å². The number of aryl methyl sites for hydroxylation is 1. The molecular weight excluding hydrogens is 524 g/mol. The van der Waals surface area contributed by atoms with Crippen LogP contribution >= 0.6 is 11.8 Å². The lowest BCUT2D eigenvalue weighted by Gasteiger charge is -2.16. The molecule has 1 aliphatic carbocycles. The van der Waals surface area contributed by atoms with Gasteiger partial charge in [-0.3, -0.25) is 19.8 Å². The maximum atomic E-state index is 13.3. The van der Waals surface area contributed by atoms with Gasteiger partial charge in [-0.25, -0.2) is 0 Å². The molecule has 8 nitrogen and oxygen atoms in total. The van der Waals surface area contributed by atoms with Crippen molar-refractivity contribution in [3.63, 3.8) is 0 Å². The Kier molecular flexibility index (Phi) is 6.49. The number of Topliss-reactive ketones (excluding diaryl/α,β-unsaturated/α-hetero) is 1. The van der Waals surface area contributed by atoms with Crippen molar-refractivity contribution in [3.8, 4) is 0 Å².